The Kier molecular flexibility index (Phi) is 5.90. The number of halogens is 2. The Morgan fingerprint density at radius 3 is 2.26 bits per heavy atom. The topological polar surface area (TPSA) is 92.9 Å². The highest BCUT2D eigenvalue weighted by Crippen LogP contribution is 2.22. The molecular weight excluding hydrogens is 442 g/mol. The lowest BCUT2D eigenvalue weighted by Crippen LogP contribution is -2.50. The molecule has 0 spiro atoms. The summed E-state index contributed by atoms with van der Waals surface area (Å²) in [5.74, 6) is 0.300. The summed E-state index contributed by atoms with van der Waals surface area (Å²) in [6, 6.07) is 10.3. The van der Waals surface area contributed by atoms with Gasteiger partial charge in [0.25, 0.3) is 0 Å². The Labute approximate surface area is 193 Å². The zero-order chi connectivity index (χ0) is 23.5. The molecule has 9 nitrogen and oxygen atoms in total. The van der Waals surface area contributed by atoms with E-state index in [4.69, 9.17) is 0 Å². The molecule has 1 fully saturated rings. The van der Waals surface area contributed by atoms with E-state index in [0.717, 1.165) is 6.20 Å². The Morgan fingerprint density at radius 2 is 1.59 bits per heavy atom. The van der Waals surface area contributed by atoms with Crippen LogP contribution in [0.3, 0.4) is 0 Å². The Bertz CT molecular complexity index is 1270. The normalized spacial score (nSPS) is 13.8. The molecule has 11 heteroatoms. The Morgan fingerprint density at radius 1 is 0.882 bits per heavy atom. The number of aromatic nitrogens is 6. The van der Waals surface area contributed by atoms with Gasteiger partial charge in [-0.05, 0) is 42.5 Å². The van der Waals surface area contributed by atoms with Crippen LogP contribution in [-0.2, 0) is 11.3 Å². The molecule has 4 aromatic rings. The van der Waals surface area contributed by atoms with Crippen LogP contribution in [0.25, 0.3) is 22.9 Å². The molecule has 34 heavy (non-hydrogen) atoms. The first kappa shape index (κ1) is 21.6. The monoisotopic (exact) mass is 462 g/mol. The van der Waals surface area contributed by atoms with E-state index in [-0.39, 0.29) is 24.1 Å². The lowest BCUT2D eigenvalue weighted by atomic mass is 10.2. The molecule has 1 saturated heterocycles. The summed E-state index contributed by atoms with van der Waals surface area (Å²) in [5, 5.41) is 4.46. The molecule has 0 aliphatic carbocycles. The second-order valence-electron chi connectivity index (χ2n) is 7.70. The van der Waals surface area contributed by atoms with Crippen molar-refractivity contribution in [1.29, 1.82) is 0 Å². The maximum Gasteiger partial charge on any atom is 0.244 e. The van der Waals surface area contributed by atoms with Gasteiger partial charge in [-0.1, -0.05) is 0 Å². The van der Waals surface area contributed by atoms with E-state index in [1.165, 1.54) is 28.9 Å². The van der Waals surface area contributed by atoms with E-state index in [9.17, 15) is 13.6 Å². The third kappa shape index (κ3) is 4.58. The third-order valence-electron chi connectivity index (χ3n) is 5.48. The SMILES string of the molecule is O=C(Cn1nc(-c2ccc(F)cn2)nc1-c1ccc(F)cc1)N1CCN(c2ncccn2)CC1. The largest absolute Gasteiger partial charge is 0.338 e. The van der Waals surface area contributed by atoms with Crippen molar-refractivity contribution in [1.82, 2.24) is 34.6 Å². The number of nitrogens with zero attached hydrogens (tertiary/aromatic N) is 8. The lowest BCUT2D eigenvalue weighted by molar-refractivity contribution is -0.132. The van der Waals surface area contributed by atoms with E-state index < -0.39 is 5.82 Å². The molecule has 0 unspecified atom stereocenters. The molecule has 172 valence electrons. The van der Waals surface area contributed by atoms with Gasteiger partial charge in [-0.15, -0.1) is 5.10 Å². The van der Waals surface area contributed by atoms with Crippen LogP contribution < -0.4 is 4.90 Å². The van der Waals surface area contributed by atoms with Gasteiger partial charge in [0, 0.05) is 44.1 Å². The van der Waals surface area contributed by atoms with E-state index in [0.29, 0.717) is 49.2 Å². The summed E-state index contributed by atoms with van der Waals surface area (Å²) in [6.07, 6.45) is 4.46. The van der Waals surface area contributed by atoms with Crippen LogP contribution in [-0.4, -0.2) is 66.7 Å². The first-order valence-corrected chi connectivity index (χ1v) is 10.7. The van der Waals surface area contributed by atoms with Crippen LogP contribution in [0.15, 0.2) is 61.1 Å². The zero-order valence-electron chi connectivity index (χ0n) is 18.1. The van der Waals surface area contributed by atoms with Crippen LogP contribution in [0.1, 0.15) is 0 Å². The highest BCUT2D eigenvalue weighted by Gasteiger charge is 2.24. The van der Waals surface area contributed by atoms with Gasteiger partial charge in [0.05, 0.1) is 6.20 Å². The number of rotatable bonds is 5. The first-order chi connectivity index (χ1) is 16.6. The van der Waals surface area contributed by atoms with Gasteiger partial charge in [-0.3, -0.25) is 4.79 Å². The van der Waals surface area contributed by atoms with Crippen LogP contribution in [0.5, 0.6) is 0 Å². The molecule has 0 N–H and O–H groups in total. The van der Waals surface area contributed by atoms with Crippen molar-refractivity contribution in [3.63, 3.8) is 0 Å². The summed E-state index contributed by atoms with van der Waals surface area (Å²) in [7, 11) is 0. The van der Waals surface area contributed by atoms with Crippen LogP contribution in [0, 0.1) is 11.6 Å². The summed E-state index contributed by atoms with van der Waals surface area (Å²) in [5.41, 5.74) is 0.966. The van der Waals surface area contributed by atoms with Gasteiger partial charge in [0.1, 0.15) is 23.9 Å². The second kappa shape index (κ2) is 9.30. The third-order valence-corrected chi connectivity index (χ3v) is 5.48. The minimum Gasteiger partial charge on any atom is -0.338 e. The first-order valence-electron chi connectivity index (χ1n) is 10.7. The average Bonchev–Trinajstić information content (AvgIpc) is 3.29. The summed E-state index contributed by atoms with van der Waals surface area (Å²) in [4.78, 5) is 33.9. The molecule has 0 bridgehead atoms. The van der Waals surface area contributed by atoms with E-state index >= 15 is 0 Å². The number of piperazine rings is 1. The molecule has 3 aromatic heterocycles. The lowest BCUT2D eigenvalue weighted by Gasteiger charge is -2.34. The van der Waals surface area contributed by atoms with Crippen LogP contribution in [0.4, 0.5) is 14.7 Å². The molecule has 1 aromatic carbocycles. The number of hydrogen-bond donors (Lipinski definition) is 0. The number of anilines is 1. The predicted molar refractivity (Wildman–Crippen MR) is 119 cm³/mol. The highest BCUT2D eigenvalue weighted by molar-refractivity contribution is 5.77. The molecule has 0 radical (unpaired) electrons. The number of hydrogen-bond acceptors (Lipinski definition) is 7. The van der Waals surface area contributed by atoms with Crippen molar-refractivity contribution in [3.05, 3.63) is 72.7 Å². The zero-order valence-corrected chi connectivity index (χ0v) is 18.1. The highest BCUT2D eigenvalue weighted by atomic mass is 19.1. The molecule has 0 saturated carbocycles. The van der Waals surface area contributed by atoms with Gasteiger partial charge in [-0.2, -0.15) is 0 Å². The minimum absolute atomic E-state index is 0.0528. The second-order valence-corrected chi connectivity index (χ2v) is 7.70. The molecule has 5 rings (SSSR count). The Balaban J connectivity index is 1.36. The predicted octanol–water partition coefficient (Wildman–Crippen LogP) is 2.42. The Hall–Kier alpha value is -4.28. The molecule has 1 aliphatic rings. The molecule has 1 amide bonds. The van der Waals surface area contributed by atoms with Crippen LogP contribution in [0.2, 0.25) is 0 Å². The van der Waals surface area contributed by atoms with E-state index in [1.807, 2.05) is 4.90 Å². The number of pyridine rings is 1. The molecule has 0 atom stereocenters. The fourth-order valence-corrected chi connectivity index (χ4v) is 3.72. The quantitative estimate of drug-likeness (QED) is 0.450. The van der Waals surface area contributed by atoms with Crippen molar-refractivity contribution >= 4 is 11.9 Å². The maximum atomic E-state index is 13.5. The van der Waals surface area contributed by atoms with Gasteiger partial charge >= 0.3 is 0 Å². The fourth-order valence-electron chi connectivity index (χ4n) is 3.72. The van der Waals surface area contributed by atoms with Gasteiger partial charge < -0.3 is 9.80 Å². The van der Waals surface area contributed by atoms with E-state index in [1.54, 1.807) is 35.5 Å². The molecular formula is C23H20F2N8O. The van der Waals surface area contributed by atoms with Gasteiger partial charge in [-0.25, -0.2) is 33.4 Å². The van der Waals surface area contributed by atoms with Crippen molar-refractivity contribution in [2.75, 3.05) is 31.1 Å². The fraction of sp³-hybridized carbons (Fsp3) is 0.217. The summed E-state index contributed by atoms with van der Waals surface area (Å²) >= 11 is 0. The average molecular weight is 462 g/mol. The van der Waals surface area contributed by atoms with Crippen LogP contribution >= 0.6 is 0 Å². The summed E-state index contributed by atoms with van der Waals surface area (Å²) in [6.45, 7) is 2.21. The van der Waals surface area contributed by atoms with E-state index in [2.05, 4.69) is 25.0 Å². The number of amides is 1. The minimum atomic E-state index is -0.475. The van der Waals surface area contributed by atoms with Crippen molar-refractivity contribution in [3.8, 4) is 22.9 Å². The molecule has 4 heterocycles. The number of benzene rings is 1. The summed E-state index contributed by atoms with van der Waals surface area (Å²) < 4.78 is 28.2. The number of carbonyl (C=O) groups excluding carboxylic acids is 1. The van der Waals surface area contributed by atoms with Crippen molar-refractivity contribution in [2.45, 2.75) is 6.54 Å². The smallest absolute Gasteiger partial charge is 0.244 e. The molecule has 1 aliphatic heterocycles. The standard InChI is InChI=1S/C23H20F2N8O/c24-17-4-2-16(3-5-17)22-29-21(19-7-6-18(25)14-28-19)30-33(22)15-20(34)31-10-12-32(13-11-31)23-26-8-1-9-27-23/h1-9,14H,10-13,15H2. The van der Waals surface area contributed by atoms with Gasteiger partial charge in [0.2, 0.25) is 11.9 Å². The van der Waals surface area contributed by atoms with Crippen molar-refractivity contribution in [2.24, 2.45) is 0 Å². The van der Waals surface area contributed by atoms with Gasteiger partial charge in [0.15, 0.2) is 11.6 Å². The van der Waals surface area contributed by atoms with Crippen molar-refractivity contribution < 1.29 is 13.6 Å². The number of carbonyl (C=O) groups is 1. The maximum absolute atomic E-state index is 13.5.